The maximum Gasteiger partial charge on any atom is 0.416 e. The van der Waals surface area contributed by atoms with E-state index in [-0.39, 0.29) is 29.2 Å². The van der Waals surface area contributed by atoms with Crippen LogP contribution >= 0.6 is 0 Å². The van der Waals surface area contributed by atoms with E-state index in [2.05, 4.69) is 16.9 Å². The molecule has 0 radical (unpaired) electrons. The van der Waals surface area contributed by atoms with Crippen molar-refractivity contribution >= 4 is 22.8 Å². The first kappa shape index (κ1) is 28.8. The molecule has 214 valence electrons. The average Bonchev–Trinajstić information content (AvgIpc) is 3.40. The normalized spacial score (nSPS) is 12.4. The van der Waals surface area contributed by atoms with Crippen LogP contribution in [0.25, 0.3) is 33.5 Å². The van der Waals surface area contributed by atoms with Gasteiger partial charge in [0.1, 0.15) is 5.82 Å². The lowest BCUT2D eigenvalue weighted by atomic mass is 9.86. The van der Waals surface area contributed by atoms with Gasteiger partial charge >= 0.3 is 12.1 Å². The number of carboxylic acid groups (broad SMARTS) is 1. The number of aromatic carboxylic acids is 1. The van der Waals surface area contributed by atoms with Crippen LogP contribution in [0.3, 0.4) is 0 Å². The minimum Gasteiger partial charge on any atom is -0.478 e. The SMILES string of the molecule is CCC[C@@H](CC(=O)c1ccc(-c2c(C)cccc2-c2nc3ccc(C(F)(F)F)cc3[nH]2)c(C(=O)O)c1)c1ccccc1. The van der Waals surface area contributed by atoms with Crippen LogP contribution < -0.4 is 0 Å². The van der Waals surface area contributed by atoms with E-state index in [0.717, 1.165) is 36.1 Å². The minimum absolute atomic E-state index is 0.0190. The quantitative estimate of drug-likeness (QED) is 0.173. The highest BCUT2D eigenvalue weighted by molar-refractivity contribution is 6.04. The first-order valence-corrected chi connectivity index (χ1v) is 13.7. The van der Waals surface area contributed by atoms with E-state index in [1.54, 1.807) is 24.3 Å². The molecule has 0 amide bonds. The summed E-state index contributed by atoms with van der Waals surface area (Å²) < 4.78 is 39.8. The van der Waals surface area contributed by atoms with E-state index in [9.17, 15) is 27.9 Å². The zero-order valence-corrected chi connectivity index (χ0v) is 23.1. The van der Waals surface area contributed by atoms with Gasteiger partial charge in [-0.05, 0) is 65.8 Å². The Kier molecular flexibility index (Phi) is 7.98. The number of nitrogens with one attached hydrogen (secondary N) is 1. The average molecular weight is 571 g/mol. The van der Waals surface area contributed by atoms with Crippen molar-refractivity contribution in [1.82, 2.24) is 9.97 Å². The second kappa shape index (κ2) is 11.6. The first-order valence-electron chi connectivity index (χ1n) is 13.7. The predicted molar refractivity (Wildman–Crippen MR) is 157 cm³/mol. The number of aromatic amines is 1. The third-order valence-corrected chi connectivity index (χ3v) is 7.52. The number of benzene rings is 4. The van der Waals surface area contributed by atoms with Crippen molar-refractivity contribution in [2.45, 2.75) is 45.2 Å². The molecule has 0 aliphatic heterocycles. The summed E-state index contributed by atoms with van der Waals surface area (Å²) >= 11 is 0. The molecule has 5 nitrogen and oxygen atoms in total. The number of ketones is 1. The third kappa shape index (κ3) is 5.84. The molecular weight excluding hydrogens is 541 g/mol. The maximum absolute atomic E-state index is 13.4. The van der Waals surface area contributed by atoms with Gasteiger partial charge in [0.15, 0.2) is 5.78 Å². The van der Waals surface area contributed by atoms with Crippen LogP contribution in [-0.2, 0) is 6.18 Å². The van der Waals surface area contributed by atoms with Gasteiger partial charge in [0.2, 0.25) is 0 Å². The number of aryl methyl sites for hydroxylation is 1. The second-order valence-corrected chi connectivity index (χ2v) is 10.4. The predicted octanol–water partition coefficient (Wildman–Crippen LogP) is 9.08. The summed E-state index contributed by atoms with van der Waals surface area (Å²) in [6.45, 7) is 3.89. The van der Waals surface area contributed by atoms with Crippen LogP contribution in [0.4, 0.5) is 13.2 Å². The number of Topliss-reactive ketones (excluding diaryl/α,β-unsaturated/α-hetero) is 1. The van der Waals surface area contributed by atoms with Crippen molar-refractivity contribution in [3.63, 3.8) is 0 Å². The number of carboxylic acids is 1. The van der Waals surface area contributed by atoms with Gasteiger partial charge in [-0.2, -0.15) is 13.2 Å². The molecule has 1 heterocycles. The Hall–Kier alpha value is -4.72. The molecule has 0 spiro atoms. The molecule has 2 N–H and O–H groups in total. The van der Waals surface area contributed by atoms with Crippen molar-refractivity contribution in [3.05, 3.63) is 113 Å². The summed E-state index contributed by atoms with van der Waals surface area (Å²) in [5.74, 6) is -1.01. The summed E-state index contributed by atoms with van der Waals surface area (Å²) in [6.07, 6.45) is -2.51. The highest BCUT2D eigenvalue weighted by atomic mass is 19.4. The van der Waals surface area contributed by atoms with Crippen LogP contribution in [0.2, 0.25) is 0 Å². The lowest BCUT2D eigenvalue weighted by molar-refractivity contribution is -0.137. The molecule has 0 saturated carbocycles. The zero-order chi connectivity index (χ0) is 30.0. The lowest BCUT2D eigenvalue weighted by Crippen LogP contribution is -2.10. The Bertz CT molecular complexity index is 1770. The largest absolute Gasteiger partial charge is 0.478 e. The molecule has 0 bridgehead atoms. The molecule has 5 aromatic rings. The Balaban J connectivity index is 1.55. The van der Waals surface area contributed by atoms with Crippen LogP contribution in [-0.4, -0.2) is 26.8 Å². The molecule has 1 atom stereocenters. The number of carbonyl (C=O) groups is 2. The topological polar surface area (TPSA) is 83.0 Å². The number of carbonyl (C=O) groups excluding carboxylic acids is 1. The van der Waals surface area contributed by atoms with E-state index in [1.807, 2.05) is 43.3 Å². The number of fused-ring (bicyclic) bond motifs is 1. The van der Waals surface area contributed by atoms with Crippen LogP contribution in [0.15, 0.2) is 84.9 Å². The van der Waals surface area contributed by atoms with Gasteiger partial charge in [-0.15, -0.1) is 0 Å². The molecule has 42 heavy (non-hydrogen) atoms. The monoisotopic (exact) mass is 570 g/mol. The summed E-state index contributed by atoms with van der Waals surface area (Å²) in [5, 5.41) is 10.2. The smallest absolute Gasteiger partial charge is 0.416 e. The number of nitrogens with zero attached hydrogens (tertiary/aromatic N) is 1. The molecule has 0 aliphatic carbocycles. The number of H-pyrrole nitrogens is 1. The molecule has 1 aromatic heterocycles. The van der Waals surface area contributed by atoms with Gasteiger partial charge in [-0.3, -0.25) is 4.79 Å². The fraction of sp³-hybridized carbons (Fsp3) is 0.206. The van der Waals surface area contributed by atoms with E-state index in [0.29, 0.717) is 33.6 Å². The lowest BCUT2D eigenvalue weighted by Gasteiger charge is -2.17. The van der Waals surface area contributed by atoms with Gasteiger partial charge in [0.05, 0.1) is 22.2 Å². The van der Waals surface area contributed by atoms with Crippen molar-refractivity contribution < 1.29 is 27.9 Å². The van der Waals surface area contributed by atoms with Crippen LogP contribution in [0, 0.1) is 6.92 Å². The molecule has 0 unspecified atom stereocenters. The summed E-state index contributed by atoms with van der Waals surface area (Å²) in [4.78, 5) is 33.4. The molecule has 5 rings (SSSR count). The highest BCUT2D eigenvalue weighted by Crippen LogP contribution is 2.38. The van der Waals surface area contributed by atoms with Crippen molar-refractivity contribution in [2.75, 3.05) is 0 Å². The van der Waals surface area contributed by atoms with Gasteiger partial charge in [-0.1, -0.05) is 74.0 Å². The van der Waals surface area contributed by atoms with Crippen LogP contribution in [0.1, 0.15) is 69.5 Å². The number of halogens is 3. The Labute approximate surface area is 241 Å². The van der Waals surface area contributed by atoms with E-state index < -0.39 is 17.7 Å². The molecule has 8 heteroatoms. The molecule has 0 fully saturated rings. The Morgan fingerprint density at radius 1 is 0.929 bits per heavy atom. The molecule has 0 aliphatic rings. The number of aromatic nitrogens is 2. The zero-order valence-electron chi connectivity index (χ0n) is 23.1. The summed E-state index contributed by atoms with van der Waals surface area (Å²) in [7, 11) is 0. The number of rotatable bonds is 9. The highest BCUT2D eigenvalue weighted by Gasteiger charge is 2.31. The van der Waals surface area contributed by atoms with E-state index in [4.69, 9.17) is 0 Å². The minimum atomic E-state index is -4.50. The number of alkyl halides is 3. The number of hydrogen-bond acceptors (Lipinski definition) is 3. The van der Waals surface area contributed by atoms with Gasteiger partial charge in [0, 0.05) is 17.5 Å². The Morgan fingerprint density at radius 2 is 1.69 bits per heavy atom. The van der Waals surface area contributed by atoms with Gasteiger partial charge in [0.25, 0.3) is 0 Å². The summed E-state index contributed by atoms with van der Waals surface area (Å²) in [5.41, 5.74) is 3.35. The third-order valence-electron chi connectivity index (χ3n) is 7.52. The van der Waals surface area contributed by atoms with Crippen molar-refractivity contribution in [3.8, 4) is 22.5 Å². The van der Waals surface area contributed by atoms with E-state index >= 15 is 0 Å². The fourth-order valence-corrected chi connectivity index (χ4v) is 5.45. The molecule has 4 aromatic carbocycles. The van der Waals surface area contributed by atoms with Crippen molar-refractivity contribution in [2.24, 2.45) is 0 Å². The summed E-state index contributed by atoms with van der Waals surface area (Å²) in [6, 6.07) is 23.1. The number of hydrogen-bond donors (Lipinski definition) is 2. The fourth-order valence-electron chi connectivity index (χ4n) is 5.45. The molecular formula is C34H29F3N2O3. The standard InChI is InChI=1S/C34H29F3N2O3/c1-3-8-22(21-10-5-4-6-11-21)18-30(40)23-13-15-25(27(17-23)33(41)42)31-20(2)9-7-12-26(31)32-38-28-16-14-24(34(35,36)37)19-29(28)39-32/h4-7,9-17,19,22H,3,8,18H2,1-2H3,(H,38,39)(H,41,42)/t22-/m0/s1. The van der Waals surface area contributed by atoms with Crippen LogP contribution in [0.5, 0.6) is 0 Å². The van der Waals surface area contributed by atoms with E-state index in [1.165, 1.54) is 12.1 Å². The Morgan fingerprint density at radius 3 is 2.38 bits per heavy atom. The van der Waals surface area contributed by atoms with Gasteiger partial charge < -0.3 is 10.1 Å². The second-order valence-electron chi connectivity index (χ2n) is 10.4. The molecule has 0 saturated heterocycles. The van der Waals surface area contributed by atoms with Crippen molar-refractivity contribution in [1.29, 1.82) is 0 Å². The first-order chi connectivity index (χ1) is 20.1. The maximum atomic E-state index is 13.4. The van der Waals surface area contributed by atoms with Gasteiger partial charge in [-0.25, -0.2) is 9.78 Å². The number of imidazole rings is 1.